The van der Waals surface area contributed by atoms with Crippen LogP contribution in [0.5, 0.6) is 0 Å². The van der Waals surface area contributed by atoms with E-state index >= 15 is 0 Å². The summed E-state index contributed by atoms with van der Waals surface area (Å²) in [6.45, 7) is 4.27. The van der Waals surface area contributed by atoms with Gasteiger partial charge in [0.25, 0.3) is 0 Å². The Morgan fingerprint density at radius 3 is 2.10 bits per heavy atom. The molecule has 2 aromatic carbocycles. The normalized spacial score (nSPS) is 12.7. The second-order valence-electron chi connectivity index (χ2n) is 5.49. The number of hydrazine groups is 1. The predicted octanol–water partition coefficient (Wildman–Crippen LogP) is 3.84. The number of benzene rings is 2. The summed E-state index contributed by atoms with van der Waals surface area (Å²) in [6, 6.07) is 11.9. The maximum Gasteiger partial charge on any atom is 0.159 e. The molecule has 112 valence electrons. The average Bonchev–Trinajstić information content (AvgIpc) is 2.48. The van der Waals surface area contributed by atoms with Gasteiger partial charge in [0.1, 0.15) is 0 Å². The molecular weight excluding hydrogens is 270 g/mol. The second-order valence-corrected chi connectivity index (χ2v) is 5.49. The maximum atomic E-state index is 13.3. The van der Waals surface area contributed by atoms with Gasteiger partial charge in [-0.2, -0.15) is 0 Å². The van der Waals surface area contributed by atoms with E-state index in [1.807, 2.05) is 12.1 Å². The van der Waals surface area contributed by atoms with Crippen LogP contribution in [0, 0.1) is 11.6 Å². The van der Waals surface area contributed by atoms with Crippen LogP contribution in [0.3, 0.4) is 0 Å². The van der Waals surface area contributed by atoms with E-state index in [9.17, 15) is 8.78 Å². The summed E-state index contributed by atoms with van der Waals surface area (Å²) < 4.78 is 26.2. The SMILES string of the molecule is CC(C)c1ccc(C(Cc2ccc(F)c(F)c2)NN)cc1. The lowest BCUT2D eigenvalue weighted by atomic mass is 9.96. The number of halogens is 2. The van der Waals surface area contributed by atoms with Crippen molar-refractivity contribution in [2.75, 3.05) is 0 Å². The fourth-order valence-corrected chi connectivity index (χ4v) is 2.29. The van der Waals surface area contributed by atoms with Crippen LogP contribution < -0.4 is 11.3 Å². The summed E-state index contributed by atoms with van der Waals surface area (Å²) in [6.07, 6.45) is 0.495. The minimum absolute atomic E-state index is 0.143. The van der Waals surface area contributed by atoms with Gasteiger partial charge in [-0.25, -0.2) is 8.78 Å². The van der Waals surface area contributed by atoms with Crippen molar-refractivity contribution in [3.8, 4) is 0 Å². The molecular formula is C17H20F2N2. The van der Waals surface area contributed by atoms with Crippen molar-refractivity contribution in [1.82, 2.24) is 5.43 Å². The van der Waals surface area contributed by atoms with Crippen molar-refractivity contribution in [3.63, 3.8) is 0 Å². The third-order valence-corrected chi connectivity index (χ3v) is 3.63. The van der Waals surface area contributed by atoms with Crippen LogP contribution in [0.4, 0.5) is 8.78 Å². The second kappa shape index (κ2) is 6.78. The van der Waals surface area contributed by atoms with E-state index in [0.717, 1.165) is 11.6 Å². The highest BCUT2D eigenvalue weighted by molar-refractivity contribution is 5.29. The summed E-state index contributed by atoms with van der Waals surface area (Å²) in [5.74, 6) is 4.40. The van der Waals surface area contributed by atoms with E-state index in [1.54, 1.807) is 6.07 Å². The average molecular weight is 290 g/mol. The number of hydrogen-bond donors (Lipinski definition) is 2. The zero-order valence-corrected chi connectivity index (χ0v) is 12.2. The molecule has 2 rings (SSSR count). The van der Waals surface area contributed by atoms with E-state index in [0.29, 0.717) is 17.9 Å². The van der Waals surface area contributed by atoms with Crippen molar-refractivity contribution < 1.29 is 8.78 Å². The molecule has 21 heavy (non-hydrogen) atoms. The molecule has 0 bridgehead atoms. The Kier molecular flexibility index (Phi) is 5.04. The molecule has 0 saturated heterocycles. The van der Waals surface area contributed by atoms with Gasteiger partial charge in [-0.05, 0) is 41.2 Å². The first-order chi connectivity index (χ1) is 10.0. The van der Waals surface area contributed by atoms with Crippen LogP contribution in [0.25, 0.3) is 0 Å². The van der Waals surface area contributed by atoms with E-state index < -0.39 is 11.6 Å². The quantitative estimate of drug-likeness (QED) is 0.648. The summed E-state index contributed by atoms with van der Waals surface area (Å²) >= 11 is 0. The maximum absolute atomic E-state index is 13.3. The van der Waals surface area contributed by atoms with Crippen molar-refractivity contribution in [2.24, 2.45) is 5.84 Å². The minimum atomic E-state index is -0.836. The minimum Gasteiger partial charge on any atom is -0.271 e. The highest BCUT2D eigenvalue weighted by Crippen LogP contribution is 2.22. The molecule has 4 heteroatoms. The molecule has 1 unspecified atom stereocenters. The summed E-state index contributed by atoms with van der Waals surface area (Å²) in [4.78, 5) is 0. The van der Waals surface area contributed by atoms with E-state index in [2.05, 4.69) is 31.4 Å². The van der Waals surface area contributed by atoms with E-state index in [4.69, 9.17) is 5.84 Å². The van der Waals surface area contributed by atoms with Crippen molar-refractivity contribution >= 4 is 0 Å². The molecule has 1 atom stereocenters. The van der Waals surface area contributed by atoms with Crippen molar-refractivity contribution in [2.45, 2.75) is 32.2 Å². The molecule has 0 aliphatic heterocycles. The summed E-state index contributed by atoms with van der Waals surface area (Å²) in [7, 11) is 0. The lowest BCUT2D eigenvalue weighted by Gasteiger charge is -2.17. The monoisotopic (exact) mass is 290 g/mol. The lowest BCUT2D eigenvalue weighted by Crippen LogP contribution is -2.29. The molecule has 0 fully saturated rings. The first kappa shape index (κ1) is 15.6. The predicted molar refractivity (Wildman–Crippen MR) is 80.7 cm³/mol. The Labute approximate surface area is 124 Å². The van der Waals surface area contributed by atoms with Crippen molar-refractivity contribution in [3.05, 3.63) is 70.8 Å². The zero-order valence-electron chi connectivity index (χ0n) is 12.2. The van der Waals surface area contributed by atoms with E-state index in [1.165, 1.54) is 11.6 Å². The van der Waals surface area contributed by atoms with Crippen LogP contribution >= 0.6 is 0 Å². The highest BCUT2D eigenvalue weighted by atomic mass is 19.2. The molecule has 0 radical (unpaired) electrons. The van der Waals surface area contributed by atoms with Gasteiger partial charge in [-0.1, -0.05) is 44.2 Å². The van der Waals surface area contributed by atoms with Gasteiger partial charge >= 0.3 is 0 Å². The summed E-state index contributed by atoms with van der Waals surface area (Å²) in [5.41, 5.74) is 5.70. The molecule has 0 amide bonds. The molecule has 2 nitrogen and oxygen atoms in total. The Morgan fingerprint density at radius 1 is 0.952 bits per heavy atom. The lowest BCUT2D eigenvalue weighted by molar-refractivity contribution is 0.502. The van der Waals surface area contributed by atoms with Crippen LogP contribution in [0.2, 0.25) is 0 Å². The van der Waals surface area contributed by atoms with Gasteiger partial charge in [0.15, 0.2) is 11.6 Å². The summed E-state index contributed by atoms with van der Waals surface area (Å²) in [5, 5.41) is 0. The van der Waals surface area contributed by atoms with Crippen LogP contribution in [-0.4, -0.2) is 0 Å². The topological polar surface area (TPSA) is 38.0 Å². The smallest absolute Gasteiger partial charge is 0.159 e. The molecule has 0 spiro atoms. The first-order valence-corrected chi connectivity index (χ1v) is 7.01. The van der Waals surface area contributed by atoms with Crippen molar-refractivity contribution in [1.29, 1.82) is 0 Å². The van der Waals surface area contributed by atoms with Crippen LogP contribution in [0.1, 0.15) is 42.5 Å². The van der Waals surface area contributed by atoms with Gasteiger partial charge in [-0.15, -0.1) is 0 Å². The Bertz CT molecular complexity index is 594. The molecule has 0 saturated carbocycles. The molecule has 2 aromatic rings. The number of nitrogens with one attached hydrogen (secondary N) is 1. The van der Waals surface area contributed by atoms with Gasteiger partial charge in [0.2, 0.25) is 0 Å². The van der Waals surface area contributed by atoms with Crippen LogP contribution in [-0.2, 0) is 6.42 Å². The highest BCUT2D eigenvalue weighted by Gasteiger charge is 2.12. The Morgan fingerprint density at radius 2 is 1.57 bits per heavy atom. The largest absolute Gasteiger partial charge is 0.271 e. The van der Waals surface area contributed by atoms with Gasteiger partial charge < -0.3 is 0 Å². The van der Waals surface area contributed by atoms with E-state index in [-0.39, 0.29) is 6.04 Å². The third kappa shape index (κ3) is 3.86. The first-order valence-electron chi connectivity index (χ1n) is 7.01. The van der Waals surface area contributed by atoms with Crippen LogP contribution in [0.15, 0.2) is 42.5 Å². The fraction of sp³-hybridized carbons (Fsp3) is 0.294. The zero-order chi connectivity index (χ0) is 15.4. The standard InChI is InChI=1S/C17H20F2N2/c1-11(2)13-4-6-14(7-5-13)17(21-20)10-12-3-8-15(18)16(19)9-12/h3-9,11,17,21H,10,20H2,1-2H3. The third-order valence-electron chi connectivity index (χ3n) is 3.63. The number of rotatable bonds is 5. The van der Waals surface area contributed by atoms with Gasteiger partial charge in [0.05, 0.1) is 0 Å². The van der Waals surface area contributed by atoms with Gasteiger partial charge in [-0.3, -0.25) is 11.3 Å². The number of nitrogens with two attached hydrogens (primary N) is 1. The number of hydrogen-bond acceptors (Lipinski definition) is 2. The Hall–Kier alpha value is -1.78. The molecule has 0 aliphatic carbocycles. The fourth-order valence-electron chi connectivity index (χ4n) is 2.29. The molecule has 0 aromatic heterocycles. The van der Waals surface area contributed by atoms with Gasteiger partial charge in [0, 0.05) is 6.04 Å². The molecule has 0 heterocycles. The Balaban J connectivity index is 2.17. The molecule has 3 N–H and O–H groups in total. The molecule has 0 aliphatic rings.